The molecule has 1 fully saturated rings. The summed E-state index contributed by atoms with van der Waals surface area (Å²) in [5, 5.41) is 3.01. The van der Waals surface area contributed by atoms with Crippen LogP contribution in [0.5, 0.6) is 0 Å². The molecule has 6 heteroatoms. The highest BCUT2D eigenvalue weighted by Gasteiger charge is 2.41. The van der Waals surface area contributed by atoms with Crippen LogP contribution in [0.2, 0.25) is 0 Å². The van der Waals surface area contributed by atoms with E-state index in [1.165, 1.54) is 0 Å². The number of nitrogens with one attached hydrogen (secondary N) is 1. The van der Waals surface area contributed by atoms with E-state index in [-0.39, 0.29) is 12.8 Å². The Balaban J connectivity index is 1.99. The van der Waals surface area contributed by atoms with Gasteiger partial charge < -0.3 is 10.2 Å². The number of rotatable bonds is 3. The van der Waals surface area contributed by atoms with Crippen molar-refractivity contribution in [1.82, 2.24) is 10.3 Å². The van der Waals surface area contributed by atoms with E-state index in [1.54, 1.807) is 0 Å². The molecule has 19 heavy (non-hydrogen) atoms. The summed E-state index contributed by atoms with van der Waals surface area (Å²) in [7, 11) is 1.84. The van der Waals surface area contributed by atoms with Gasteiger partial charge in [0.15, 0.2) is 0 Å². The lowest BCUT2D eigenvalue weighted by molar-refractivity contribution is -0.179. The van der Waals surface area contributed by atoms with Crippen LogP contribution in [-0.2, 0) is 6.54 Å². The third-order valence-corrected chi connectivity index (χ3v) is 3.43. The van der Waals surface area contributed by atoms with E-state index in [9.17, 15) is 13.2 Å². The van der Waals surface area contributed by atoms with Gasteiger partial charge in [0.1, 0.15) is 5.82 Å². The van der Waals surface area contributed by atoms with E-state index in [0.717, 1.165) is 11.5 Å². The molecule has 3 nitrogen and oxygen atoms in total. The van der Waals surface area contributed by atoms with E-state index in [2.05, 4.69) is 10.3 Å². The molecule has 0 atom stereocenters. The first-order valence-corrected chi connectivity index (χ1v) is 6.43. The third kappa shape index (κ3) is 3.59. The van der Waals surface area contributed by atoms with Crippen molar-refractivity contribution in [3.8, 4) is 0 Å². The third-order valence-electron chi connectivity index (χ3n) is 3.43. The number of aromatic nitrogens is 1. The summed E-state index contributed by atoms with van der Waals surface area (Å²) in [6.07, 6.45) is -3.75. The molecule has 1 aliphatic rings. The number of piperidine rings is 1. The second kappa shape index (κ2) is 5.77. The van der Waals surface area contributed by atoms with Crippen LogP contribution in [0.25, 0.3) is 0 Å². The lowest BCUT2D eigenvalue weighted by Crippen LogP contribution is -2.39. The van der Waals surface area contributed by atoms with Crippen molar-refractivity contribution in [2.75, 3.05) is 25.0 Å². The quantitative estimate of drug-likeness (QED) is 0.917. The van der Waals surface area contributed by atoms with Gasteiger partial charge >= 0.3 is 6.18 Å². The van der Waals surface area contributed by atoms with Gasteiger partial charge in [0, 0.05) is 19.6 Å². The van der Waals surface area contributed by atoms with Crippen molar-refractivity contribution < 1.29 is 13.2 Å². The largest absolute Gasteiger partial charge is 0.391 e. The molecule has 0 aromatic carbocycles. The molecule has 106 valence electrons. The molecule has 0 spiro atoms. The fourth-order valence-electron chi connectivity index (χ4n) is 2.36. The lowest BCUT2D eigenvalue weighted by Gasteiger charge is -2.33. The van der Waals surface area contributed by atoms with Crippen molar-refractivity contribution in [2.45, 2.75) is 25.6 Å². The summed E-state index contributed by atoms with van der Waals surface area (Å²) < 4.78 is 37.8. The molecule has 0 unspecified atom stereocenters. The zero-order valence-corrected chi connectivity index (χ0v) is 10.9. The molecule has 2 rings (SSSR count). The van der Waals surface area contributed by atoms with E-state index >= 15 is 0 Å². The van der Waals surface area contributed by atoms with E-state index in [4.69, 9.17) is 0 Å². The summed E-state index contributed by atoms with van der Waals surface area (Å²) in [5.74, 6) is -0.391. The zero-order chi connectivity index (χ0) is 13.9. The van der Waals surface area contributed by atoms with Crippen molar-refractivity contribution in [3.05, 3.63) is 23.9 Å². The summed E-state index contributed by atoms with van der Waals surface area (Å²) in [6.45, 7) is 1.49. The van der Waals surface area contributed by atoms with Gasteiger partial charge in [-0.15, -0.1) is 0 Å². The monoisotopic (exact) mass is 273 g/mol. The summed E-state index contributed by atoms with van der Waals surface area (Å²) in [5.41, 5.74) is 0.901. The molecular formula is C13H18F3N3. The van der Waals surface area contributed by atoms with Crippen molar-refractivity contribution in [2.24, 2.45) is 5.92 Å². The topological polar surface area (TPSA) is 28.2 Å². The Kier molecular flexibility index (Phi) is 4.29. The predicted octanol–water partition coefficient (Wildman–Crippen LogP) is 2.58. The minimum Gasteiger partial charge on any atom is -0.357 e. The number of alkyl halides is 3. The maximum atomic E-state index is 12.6. The number of hydrogen-bond donors (Lipinski definition) is 1. The number of hydrogen-bond acceptors (Lipinski definition) is 3. The molecule has 0 radical (unpaired) electrons. The minimum absolute atomic E-state index is 0.154. The Bertz CT molecular complexity index is 412. The molecule has 1 N–H and O–H groups in total. The molecular weight excluding hydrogens is 255 g/mol. The van der Waals surface area contributed by atoms with Crippen LogP contribution in [0.4, 0.5) is 19.0 Å². The van der Waals surface area contributed by atoms with Gasteiger partial charge in [-0.2, -0.15) is 13.2 Å². The minimum atomic E-state index is -4.06. The van der Waals surface area contributed by atoms with Gasteiger partial charge in [-0.05, 0) is 32.0 Å². The van der Waals surface area contributed by atoms with Crippen molar-refractivity contribution in [1.29, 1.82) is 0 Å². The van der Waals surface area contributed by atoms with Gasteiger partial charge in [-0.3, -0.25) is 0 Å². The molecule has 1 aromatic heterocycles. The Morgan fingerprint density at radius 2 is 2.00 bits per heavy atom. The first kappa shape index (κ1) is 14.1. The predicted molar refractivity (Wildman–Crippen MR) is 68.0 cm³/mol. The molecule has 0 amide bonds. The van der Waals surface area contributed by atoms with Gasteiger partial charge in [0.05, 0.1) is 11.6 Å². The Morgan fingerprint density at radius 3 is 2.58 bits per heavy atom. The van der Waals surface area contributed by atoms with Crippen LogP contribution >= 0.6 is 0 Å². The first-order chi connectivity index (χ1) is 9.00. The zero-order valence-electron chi connectivity index (χ0n) is 10.9. The summed E-state index contributed by atoms with van der Waals surface area (Å²) in [4.78, 5) is 6.39. The van der Waals surface area contributed by atoms with Gasteiger partial charge in [-0.1, -0.05) is 6.07 Å². The van der Waals surface area contributed by atoms with Crippen LogP contribution in [0, 0.1) is 5.92 Å². The average molecular weight is 273 g/mol. The smallest absolute Gasteiger partial charge is 0.357 e. The first-order valence-electron chi connectivity index (χ1n) is 6.43. The van der Waals surface area contributed by atoms with E-state index < -0.39 is 12.1 Å². The Labute approximate surface area is 110 Å². The molecule has 1 aromatic rings. The summed E-state index contributed by atoms with van der Waals surface area (Å²) >= 11 is 0. The van der Waals surface area contributed by atoms with Crippen LogP contribution in [0.1, 0.15) is 18.5 Å². The second-order valence-electron chi connectivity index (χ2n) is 4.82. The Hall–Kier alpha value is -1.30. The molecule has 0 bridgehead atoms. The van der Waals surface area contributed by atoms with Crippen LogP contribution < -0.4 is 10.2 Å². The molecule has 0 aliphatic carbocycles. The van der Waals surface area contributed by atoms with Crippen LogP contribution in [-0.4, -0.2) is 31.3 Å². The van der Waals surface area contributed by atoms with Gasteiger partial charge in [-0.25, -0.2) is 4.98 Å². The van der Waals surface area contributed by atoms with E-state index in [1.807, 2.05) is 30.1 Å². The van der Waals surface area contributed by atoms with Crippen LogP contribution in [0.15, 0.2) is 18.2 Å². The van der Waals surface area contributed by atoms with Crippen molar-refractivity contribution >= 4 is 5.82 Å². The SMILES string of the molecule is CNCc1cccc(N2CCC(C(F)(F)F)CC2)n1. The van der Waals surface area contributed by atoms with E-state index in [0.29, 0.717) is 19.6 Å². The highest BCUT2D eigenvalue weighted by Crippen LogP contribution is 2.34. The van der Waals surface area contributed by atoms with Gasteiger partial charge in [0.25, 0.3) is 0 Å². The highest BCUT2D eigenvalue weighted by atomic mass is 19.4. The molecule has 2 heterocycles. The second-order valence-corrected chi connectivity index (χ2v) is 4.82. The Morgan fingerprint density at radius 1 is 1.32 bits per heavy atom. The fraction of sp³-hybridized carbons (Fsp3) is 0.615. The molecule has 0 saturated carbocycles. The lowest BCUT2D eigenvalue weighted by atomic mass is 9.96. The summed E-state index contributed by atoms with van der Waals surface area (Å²) in [6, 6.07) is 5.65. The number of nitrogens with zero attached hydrogens (tertiary/aromatic N) is 2. The van der Waals surface area contributed by atoms with Crippen LogP contribution in [0.3, 0.4) is 0 Å². The number of pyridine rings is 1. The van der Waals surface area contributed by atoms with Crippen molar-refractivity contribution in [3.63, 3.8) is 0 Å². The highest BCUT2D eigenvalue weighted by molar-refractivity contribution is 5.39. The maximum absolute atomic E-state index is 12.6. The number of anilines is 1. The normalized spacial score (nSPS) is 17.8. The fourth-order valence-corrected chi connectivity index (χ4v) is 2.36. The molecule has 1 aliphatic heterocycles. The van der Waals surface area contributed by atoms with Gasteiger partial charge in [0.2, 0.25) is 0 Å². The maximum Gasteiger partial charge on any atom is 0.391 e. The standard InChI is InChI=1S/C13H18F3N3/c1-17-9-11-3-2-4-12(18-11)19-7-5-10(6-8-19)13(14,15)16/h2-4,10,17H,5-9H2,1H3. The molecule has 1 saturated heterocycles. The number of halogens is 3. The average Bonchev–Trinajstić information content (AvgIpc) is 2.39.